The molecular weight excluding hydrogens is 450 g/mol. The van der Waals surface area contributed by atoms with Gasteiger partial charge < -0.3 is 19.6 Å². The van der Waals surface area contributed by atoms with E-state index in [1.54, 1.807) is 55.8 Å². The van der Waals surface area contributed by atoms with E-state index in [1.807, 2.05) is 0 Å². The number of hydroxylamine groups is 2. The van der Waals surface area contributed by atoms with Gasteiger partial charge in [-0.25, -0.2) is 9.48 Å². The van der Waals surface area contributed by atoms with Gasteiger partial charge in [0.1, 0.15) is 34.7 Å². The van der Waals surface area contributed by atoms with Gasteiger partial charge in [-0.05, 0) is 51.8 Å². The van der Waals surface area contributed by atoms with E-state index < -0.39 is 11.3 Å². The van der Waals surface area contributed by atoms with Crippen LogP contribution >= 0.6 is 0 Å². The highest BCUT2D eigenvalue weighted by Crippen LogP contribution is 2.37. The highest BCUT2D eigenvalue weighted by Gasteiger charge is 2.36. The minimum absolute atomic E-state index is 0.154. The molecule has 1 unspecified atom stereocenters. The molecule has 1 aliphatic heterocycles. The monoisotopic (exact) mass is 483 g/mol. The molecule has 0 radical (unpaired) electrons. The maximum absolute atomic E-state index is 12.9. The summed E-state index contributed by atoms with van der Waals surface area (Å²) in [5.74, 6) is 0.301. The molecule has 1 aliphatic rings. The molecule has 3 rings (SSSR count). The summed E-state index contributed by atoms with van der Waals surface area (Å²) >= 11 is 0. The Balaban J connectivity index is 2.02. The van der Waals surface area contributed by atoms with Crippen LogP contribution in [0.4, 0.5) is 5.82 Å². The fourth-order valence-corrected chi connectivity index (χ4v) is 4.10. The van der Waals surface area contributed by atoms with E-state index in [0.717, 1.165) is 0 Å². The van der Waals surface area contributed by atoms with Crippen LogP contribution in [-0.2, 0) is 14.4 Å². The molecule has 0 saturated carbocycles. The van der Waals surface area contributed by atoms with Crippen molar-refractivity contribution in [2.45, 2.75) is 46.1 Å². The lowest BCUT2D eigenvalue weighted by atomic mass is 9.90. The molecule has 0 amide bonds. The fraction of sp³-hybridized carbons (Fsp3) is 0.520. The van der Waals surface area contributed by atoms with Crippen LogP contribution in [0.2, 0.25) is 0 Å². The van der Waals surface area contributed by atoms with Gasteiger partial charge in [0.05, 0.1) is 43.8 Å². The number of carbonyl (C=O) groups excluding carboxylic acids is 2. The van der Waals surface area contributed by atoms with Crippen molar-refractivity contribution >= 4 is 17.6 Å². The molecule has 188 valence electrons. The number of hydrogen-bond donors (Lipinski definition) is 1. The van der Waals surface area contributed by atoms with Gasteiger partial charge in [0.15, 0.2) is 0 Å². The van der Waals surface area contributed by atoms with Crippen LogP contribution in [0.25, 0.3) is 0 Å². The minimum atomic E-state index is -0.793. The molecule has 0 spiro atoms. The van der Waals surface area contributed by atoms with Gasteiger partial charge in [0.25, 0.3) is 0 Å². The number of nitrogens with zero attached hydrogens (tertiary/aromatic N) is 4. The molecule has 10 nitrogen and oxygen atoms in total. The van der Waals surface area contributed by atoms with Crippen LogP contribution in [0.3, 0.4) is 0 Å². The minimum Gasteiger partial charge on any atom is -0.497 e. The number of Topliss-reactive ketones (excluding diaryl/α,β-unsaturated/α-hetero) is 1. The molecule has 1 aromatic heterocycles. The zero-order chi connectivity index (χ0) is 25.9. The number of hydrogen-bond acceptors (Lipinski definition) is 9. The number of benzene rings is 1. The van der Waals surface area contributed by atoms with Gasteiger partial charge >= 0.3 is 5.97 Å². The van der Waals surface area contributed by atoms with Crippen LogP contribution in [0.1, 0.15) is 62.9 Å². The van der Waals surface area contributed by atoms with Gasteiger partial charge in [0.2, 0.25) is 0 Å². The van der Waals surface area contributed by atoms with Gasteiger partial charge in [-0.3, -0.25) is 4.79 Å². The first-order valence-corrected chi connectivity index (χ1v) is 11.4. The molecule has 1 aromatic carbocycles. The zero-order valence-corrected chi connectivity index (χ0v) is 21.3. The van der Waals surface area contributed by atoms with Crippen molar-refractivity contribution < 1.29 is 23.9 Å². The summed E-state index contributed by atoms with van der Waals surface area (Å²) in [4.78, 5) is 30.8. The second-order valence-electron chi connectivity index (χ2n) is 9.56. The topological polar surface area (TPSA) is 119 Å². The smallest absolute Gasteiger partial charge is 0.330 e. The lowest BCUT2D eigenvalue weighted by Crippen LogP contribution is -2.32. The molecule has 0 aliphatic carbocycles. The number of carbonyl (C=O) groups is 2. The lowest BCUT2D eigenvalue weighted by Gasteiger charge is -2.22. The number of ketones is 1. The van der Waals surface area contributed by atoms with E-state index in [4.69, 9.17) is 19.4 Å². The van der Waals surface area contributed by atoms with Crippen molar-refractivity contribution in [3.8, 4) is 17.6 Å². The van der Waals surface area contributed by atoms with Crippen molar-refractivity contribution in [3.63, 3.8) is 0 Å². The normalized spacial score (nSPS) is 16.9. The van der Waals surface area contributed by atoms with Crippen LogP contribution in [0.15, 0.2) is 18.2 Å². The fourth-order valence-electron chi connectivity index (χ4n) is 4.10. The van der Waals surface area contributed by atoms with E-state index in [9.17, 15) is 14.9 Å². The summed E-state index contributed by atoms with van der Waals surface area (Å²) in [5, 5.41) is 19.5. The molecule has 2 atom stereocenters. The SMILES string of the molecule is CNc1c(C#N)c(C(C(C)=O)c2cc(OC)cc(OC)c2)nn1[C@H]1CCN(OC(=O)C(C)(C)C)C1. The molecule has 2 aromatic rings. The van der Waals surface area contributed by atoms with E-state index in [-0.39, 0.29) is 17.8 Å². The Bertz CT molecular complexity index is 1120. The predicted molar refractivity (Wildman–Crippen MR) is 129 cm³/mol. The highest BCUT2D eigenvalue weighted by atomic mass is 16.7. The van der Waals surface area contributed by atoms with Crippen LogP contribution < -0.4 is 14.8 Å². The zero-order valence-electron chi connectivity index (χ0n) is 21.3. The summed E-state index contributed by atoms with van der Waals surface area (Å²) in [6.45, 7) is 7.83. The second-order valence-corrected chi connectivity index (χ2v) is 9.56. The van der Waals surface area contributed by atoms with Crippen molar-refractivity contribution in [2.75, 3.05) is 39.7 Å². The number of nitriles is 1. The van der Waals surface area contributed by atoms with Crippen LogP contribution in [0.5, 0.6) is 11.5 Å². The van der Waals surface area contributed by atoms with E-state index in [0.29, 0.717) is 53.6 Å². The quantitative estimate of drug-likeness (QED) is 0.603. The molecule has 1 saturated heterocycles. The van der Waals surface area contributed by atoms with Crippen molar-refractivity contribution in [3.05, 3.63) is 35.0 Å². The molecule has 1 N–H and O–H groups in total. The summed E-state index contributed by atoms with van der Waals surface area (Å²) in [6.07, 6.45) is 0.663. The van der Waals surface area contributed by atoms with Crippen molar-refractivity contribution in [1.29, 1.82) is 5.26 Å². The maximum atomic E-state index is 12.9. The van der Waals surface area contributed by atoms with Gasteiger partial charge in [0, 0.05) is 19.7 Å². The number of ether oxygens (including phenoxy) is 2. The average molecular weight is 484 g/mol. The van der Waals surface area contributed by atoms with E-state index in [2.05, 4.69) is 11.4 Å². The largest absolute Gasteiger partial charge is 0.497 e. The Kier molecular flexibility index (Phi) is 7.70. The Morgan fingerprint density at radius 3 is 2.31 bits per heavy atom. The number of anilines is 1. The first-order valence-electron chi connectivity index (χ1n) is 11.4. The Morgan fingerprint density at radius 1 is 1.20 bits per heavy atom. The van der Waals surface area contributed by atoms with Gasteiger partial charge in [-0.2, -0.15) is 10.4 Å². The molecule has 2 heterocycles. The van der Waals surface area contributed by atoms with Gasteiger partial charge in [-0.1, -0.05) is 0 Å². The summed E-state index contributed by atoms with van der Waals surface area (Å²) in [7, 11) is 4.78. The van der Waals surface area contributed by atoms with Gasteiger partial charge in [-0.15, -0.1) is 5.06 Å². The molecule has 0 bridgehead atoms. The highest BCUT2D eigenvalue weighted by molar-refractivity contribution is 5.88. The van der Waals surface area contributed by atoms with Crippen LogP contribution in [-0.4, -0.2) is 61.0 Å². The lowest BCUT2D eigenvalue weighted by molar-refractivity contribution is -0.195. The standard InChI is InChI=1S/C25H33N5O5/c1-15(31)21(16-10-18(33-6)12-19(11-16)34-7)22-20(13-26)23(27-5)30(28-22)17-8-9-29(14-17)35-24(32)25(2,3)4/h10-12,17,21,27H,8-9,14H2,1-7H3/t17-,21?/m0/s1. The number of rotatable bonds is 8. The molecule has 35 heavy (non-hydrogen) atoms. The maximum Gasteiger partial charge on any atom is 0.330 e. The second kappa shape index (κ2) is 10.4. The predicted octanol–water partition coefficient (Wildman–Crippen LogP) is 3.29. The first kappa shape index (κ1) is 26.0. The number of aromatic nitrogens is 2. The average Bonchev–Trinajstić information content (AvgIpc) is 3.41. The van der Waals surface area contributed by atoms with E-state index in [1.165, 1.54) is 21.1 Å². The Morgan fingerprint density at radius 2 is 1.83 bits per heavy atom. The number of methoxy groups -OCH3 is 2. The molecule has 10 heteroatoms. The summed E-state index contributed by atoms with van der Waals surface area (Å²) in [5.41, 5.74) is 0.641. The molecule has 1 fully saturated rings. The van der Waals surface area contributed by atoms with E-state index >= 15 is 0 Å². The third kappa shape index (κ3) is 5.41. The third-order valence-corrected chi connectivity index (χ3v) is 5.97. The third-order valence-electron chi connectivity index (χ3n) is 5.97. The Hall–Kier alpha value is -3.58. The summed E-state index contributed by atoms with van der Waals surface area (Å²) in [6, 6.07) is 7.28. The number of nitrogens with one attached hydrogen (secondary N) is 1. The van der Waals surface area contributed by atoms with Crippen molar-refractivity contribution in [2.24, 2.45) is 5.41 Å². The van der Waals surface area contributed by atoms with Crippen LogP contribution in [0, 0.1) is 16.7 Å². The summed E-state index contributed by atoms with van der Waals surface area (Å²) < 4.78 is 12.5. The van der Waals surface area contributed by atoms with Crippen molar-refractivity contribution in [1.82, 2.24) is 14.8 Å². The molecular formula is C25H33N5O5. The Labute approximate surface area is 205 Å². The first-order chi connectivity index (χ1) is 16.5.